The van der Waals surface area contributed by atoms with Gasteiger partial charge in [-0.25, -0.2) is 0 Å². The summed E-state index contributed by atoms with van der Waals surface area (Å²) in [7, 11) is 0. The lowest BCUT2D eigenvalue weighted by Gasteiger charge is -2.30. The van der Waals surface area contributed by atoms with Crippen LogP contribution in [0.25, 0.3) is 0 Å². The topological polar surface area (TPSA) is 46.3 Å². The van der Waals surface area contributed by atoms with Crippen LogP contribution in [0.2, 0.25) is 0 Å². The van der Waals surface area contributed by atoms with Crippen LogP contribution in [0.5, 0.6) is 0 Å². The summed E-state index contributed by atoms with van der Waals surface area (Å²) >= 11 is 4.85. The number of thiocarbonyl (C=S) groups is 1. The first kappa shape index (κ1) is 15.4. The van der Waals surface area contributed by atoms with Gasteiger partial charge in [0.1, 0.15) is 0 Å². The highest BCUT2D eigenvalue weighted by atomic mass is 32.1. The zero-order valence-corrected chi connectivity index (χ0v) is 11.9. The lowest BCUT2D eigenvalue weighted by atomic mass is 9.94. The van der Waals surface area contributed by atoms with Crippen LogP contribution in [0.1, 0.15) is 41.0 Å². The predicted molar refractivity (Wildman–Crippen MR) is 72.3 cm³/mol. The lowest BCUT2D eigenvalue weighted by Crippen LogP contribution is -2.42. The number of rotatable bonds is 5. The van der Waals surface area contributed by atoms with Crippen molar-refractivity contribution < 1.29 is 4.79 Å². The summed E-state index contributed by atoms with van der Waals surface area (Å²) in [6.07, 6.45) is 0.601. The average molecular weight is 244 g/mol. The molecular formula is C12H24N2OS. The van der Waals surface area contributed by atoms with Crippen molar-refractivity contribution in [1.29, 1.82) is 0 Å². The van der Waals surface area contributed by atoms with E-state index < -0.39 is 0 Å². The second kappa shape index (κ2) is 6.18. The van der Waals surface area contributed by atoms with E-state index in [2.05, 4.69) is 13.8 Å². The van der Waals surface area contributed by atoms with E-state index in [9.17, 15) is 4.79 Å². The Balaban J connectivity index is 4.54. The van der Waals surface area contributed by atoms with Crippen molar-refractivity contribution in [2.75, 3.05) is 13.1 Å². The molecule has 0 unspecified atom stereocenters. The number of nitrogens with two attached hydrogens (primary N) is 1. The van der Waals surface area contributed by atoms with Crippen LogP contribution in [-0.2, 0) is 4.79 Å². The van der Waals surface area contributed by atoms with Crippen LogP contribution >= 0.6 is 12.2 Å². The molecule has 0 spiro atoms. The van der Waals surface area contributed by atoms with Crippen LogP contribution in [-0.4, -0.2) is 28.9 Å². The Morgan fingerprint density at radius 2 is 1.88 bits per heavy atom. The van der Waals surface area contributed by atoms with Gasteiger partial charge in [0.25, 0.3) is 0 Å². The third-order valence-electron chi connectivity index (χ3n) is 2.14. The van der Waals surface area contributed by atoms with Gasteiger partial charge in [0.2, 0.25) is 5.91 Å². The first-order valence-corrected chi connectivity index (χ1v) is 6.13. The Bertz CT molecular complexity index is 256. The Kier molecular flexibility index (Phi) is 5.94. The number of nitrogens with zero attached hydrogens (tertiary/aromatic N) is 1. The summed E-state index contributed by atoms with van der Waals surface area (Å²) in [5.41, 5.74) is 5.13. The van der Waals surface area contributed by atoms with E-state index in [0.29, 0.717) is 23.9 Å². The molecule has 0 radical (unpaired) electrons. The molecule has 0 aromatic rings. The van der Waals surface area contributed by atoms with Gasteiger partial charge in [-0.15, -0.1) is 0 Å². The Labute approximate surface area is 104 Å². The highest BCUT2D eigenvalue weighted by Gasteiger charge is 2.27. The summed E-state index contributed by atoms with van der Waals surface area (Å²) in [6, 6.07) is 0. The summed E-state index contributed by atoms with van der Waals surface area (Å²) in [5, 5.41) is 0. The van der Waals surface area contributed by atoms with Gasteiger partial charge in [0.15, 0.2) is 0 Å². The van der Waals surface area contributed by atoms with E-state index in [-0.39, 0.29) is 11.3 Å². The van der Waals surface area contributed by atoms with Gasteiger partial charge in [-0.05, 0) is 5.92 Å². The maximum Gasteiger partial charge on any atom is 0.227 e. The molecule has 0 saturated carbocycles. The van der Waals surface area contributed by atoms with Crippen molar-refractivity contribution in [2.24, 2.45) is 17.1 Å². The highest BCUT2D eigenvalue weighted by Crippen LogP contribution is 2.18. The molecule has 1 amide bonds. The van der Waals surface area contributed by atoms with E-state index in [0.717, 1.165) is 6.54 Å². The Morgan fingerprint density at radius 3 is 2.19 bits per heavy atom. The molecule has 0 heterocycles. The van der Waals surface area contributed by atoms with Gasteiger partial charge in [-0.3, -0.25) is 4.79 Å². The molecule has 0 aromatic carbocycles. The smallest absolute Gasteiger partial charge is 0.227 e. The number of hydrogen-bond acceptors (Lipinski definition) is 2. The zero-order chi connectivity index (χ0) is 12.9. The standard InChI is InChI=1S/C12H24N2OS/c1-9(2)8-14(7-6-10(13)16)11(15)12(3,4)5/h9H,6-8H2,1-5H3,(H2,13,16). The Hall–Kier alpha value is -0.640. The normalized spacial score (nSPS) is 11.6. The van der Waals surface area contributed by atoms with Crippen LogP contribution in [0.3, 0.4) is 0 Å². The van der Waals surface area contributed by atoms with Gasteiger partial charge in [-0.1, -0.05) is 46.8 Å². The average Bonchev–Trinajstić information content (AvgIpc) is 2.08. The second-order valence-electron chi connectivity index (χ2n) is 5.61. The predicted octanol–water partition coefficient (Wildman–Crippen LogP) is 2.19. The highest BCUT2D eigenvalue weighted by molar-refractivity contribution is 7.80. The van der Waals surface area contributed by atoms with Crippen molar-refractivity contribution in [1.82, 2.24) is 4.90 Å². The fourth-order valence-electron chi connectivity index (χ4n) is 1.44. The van der Waals surface area contributed by atoms with Crippen LogP contribution in [0.4, 0.5) is 0 Å². The van der Waals surface area contributed by atoms with Crippen molar-refractivity contribution in [3.05, 3.63) is 0 Å². The molecule has 0 aliphatic carbocycles. The molecule has 0 atom stereocenters. The first-order valence-electron chi connectivity index (χ1n) is 5.72. The quantitative estimate of drug-likeness (QED) is 0.754. The maximum atomic E-state index is 12.2. The molecule has 3 nitrogen and oxygen atoms in total. The van der Waals surface area contributed by atoms with Gasteiger partial charge in [0, 0.05) is 24.9 Å². The van der Waals surface area contributed by atoms with Gasteiger partial charge < -0.3 is 10.6 Å². The minimum absolute atomic E-state index is 0.164. The van der Waals surface area contributed by atoms with Crippen molar-refractivity contribution in [3.8, 4) is 0 Å². The minimum atomic E-state index is -0.342. The Morgan fingerprint density at radius 1 is 1.38 bits per heavy atom. The second-order valence-corrected chi connectivity index (χ2v) is 6.14. The van der Waals surface area contributed by atoms with Gasteiger partial charge in [0.05, 0.1) is 4.99 Å². The molecule has 0 fully saturated rings. The van der Waals surface area contributed by atoms with E-state index in [4.69, 9.17) is 18.0 Å². The van der Waals surface area contributed by atoms with Gasteiger partial charge in [-0.2, -0.15) is 0 Å². The largest absolute Gasteiger partial charge is 0.393 e. The fraction of sp³-hybridized carbons (Fsp3) is 0.833. The van der Waals surface area contributed by atoms with Crippen molar-refractivity contribution >= 4 is 23.1 Å². The van der Waals surface area contributed by atoms with Crippen LogP contribution in [0, 0.1) is 11.3 Å². The van der Waals surface area contributed by atoms with E-state index >= 15 is 0 Å². The first-order chi connectivity index (χ1) is 7.14. The number of carbonyl (C=O) groups is 1. The number of amides is 1. The minimum Gasteiger partial charge on any atom is -0.393 e. The van der Waals surface area contributed by atoms with E-state index in [1.165, 1.54) is 0 Å². The molecule has 0 saturated heterocycles. The van der Waals surface area contributed by atoms with Crippen molar-refractivity contribution in [3.63, 3.8) is 0 Å². The molecule has 0 rings (SSSR count). The van der Waals surface area contributed by atoms with Crippen LogP contribution in [0.15, 0.2) is 0 Å². The number of carbonyl (C=O) groups excluding carboxylic acids is 1. The van der Waals surface area contributed by atoms with Gasteiger partial charge >= 0.3 is 0 Å². The number of hydrogen-bond donors (Lipinski definition) is 1. The zero-order valence-electron chi connectivity index (χ0n) is 11.0. The van der Waals surface area contributed by atoms with Crippen LogP contribution < -0.4 is 5.73 Å². The molecule has 94 valence electrons. The monoisotopic (exact) mass is 244 g/mol. The summed E-state index contributed by atoms with van der Waals surface area (Å²) in [5.74, 6) is 0.620. The molecule has 16 heavy (non-hydrogen) atoms. The molecule has 0 aliphatic rings. The van der Waals surface area contributed by atoms with E-state index in [1.54, 1.807) is 0 Å². The molecule has 0 aromatic heterocycles. The summed E-state index contributed by atoms with van der Waals surface area (Å²) in [4.78, 5) is 14.5. The summed E-state index contributed by atoms with van der Waals surface area (Å²) < 4.78 is 0. The molecule has 0 bridgehead atoms. The maximum absolute atomic E-state index is 12.2. The van der Waals surface area contributed by atoms with E-state index in [1.807, 2.05) is 25.7 Å². The fourth-order valence-corrected chi connectivity index (χ4v) is 1.53. The lowest BCUT2D eigenvalue weighted by molar-refractivity contribution is -0.139. The summed E-state index contributed by atoms with van der Waals surface area (Å²) in [6.45, 7) is 11.4. The molecule has 2 N–H and O–H groups in total. The molecule has 4 heteroatoms. The molecular weight excluding hydrogens is 220 g/mol. The third kappa shape index (κ3) is 6.05. The third-order valence-corrected chi connectivity index (χ3v) is 2.35. The molecule has 0 aliphatic heterocycles. The van der Waals surface area contributed by atoms with Crippen molar-refractivity contribution in [2.45, 2.75) is 41.0 Å². The SMILES string of the molecule is CC(C)CN(CCC(N)=S)C(=O)C(C)(C)C.